The van der Waals surface area contributed by atoms with Crippen molar-refractivity contribution in [3.63, 3.8) is 0 Å². The number of likely N-dealkylation sites (tertiary alicyclic amines) is 1. The fraction of sp³-hybridized carbons (Fsp3) is 0.500. The molecule has 0 bridgehead atoms. The minimum atomic E-state index is -0.445. The molecule has 3 fully saturated rings. The topological polar surface area (TPSA) is 99.8 Å². The van der Waals surface area contributed by atoms with Crippen LogP contribution in [-0.4, -0.2) is 58.6 Å². The second-order valence-electron chi connectivity index (χ2n) is 9.87. The average molecular weight is 449 g/mol. The van der Waals surface area contributed by atoms with Crippen LogP contribution in [0.25, 0.3) is 11.1 Å². The minimum absolute atomic E-state index is 0.203. The lowest BCUT2D eigenvalue weighted by molar-refractivity contribution is -0.139. The fourth-order valence-corrected chi connectivity index (χ4v) is 5.87. The van der Waals surface area contributed by atoms with Crippen LogP contribution >= 0.6 is 0 Å². The standard InChI is InChI=1S/C26H32N4O3/c27-24(32)19-4-1-3-18(15-19)20-5-10-23(28-16-20)29-13-2-11-26(17-29)12-14-30(25(26)33)21-6-8-22(31)9-7-21/h1,3-5,10,15-16,21-22,31H,2,6-9,11-14,17H2,(H2,27,32)/t21-,22-,26-/m1/s1. The van der Waals surface area contributed by atoms with Gasteiger partial charge in [0.25, 0.3) is 0 Å². The molecule has 1 atom stereocenters. The molecule has 3 heterocycles. The van der Waals surface area contributed by atoms with Gasteiger partial charge in [-0.1, -0.05) is 12.1 Å². The van der Waals surface area contributed by atoms with Crippen molar-refractivity contribution in [2.45, 2.75) is 57.1 Å². The summed E-state index contributed by atoms with van der Waals surface area (Å²) in [7, 11) is 0. The van der Waals surface area contributed by atoms with E-state index in [-0.39, 0.29) is 17.6 Å². The van der Waals surface area contributed by atoms with Crippen molar-refractivity contribution in [1.82, 2.24) is 9.88 Å². The van der Waals surface area contributed by atoms with Crippen LogP contribution < -0.4 is 10.6 Å². The summed E-state index contributed by atoms with van der Waals surface area (Å²) in [6.45, 7) is 2.44. The molecule has 2 amide bonds. The first-order valence-corrected chi connectivity index (χ1v) is 12.1. The van der Waals surface area contributed by atoms with Crippen molar-refractivity contribution in [3.8, 4) is 11.1 Å². The lowest BCUT2D eigenvalue weighted by Gasteiger charge is -2.41. The maximum Gasteiger partial charge on any atom is 0.248 e. The van der Waals surface area contributed by atoms with Gasteiger partial charge in [0.15, 0.2) is 0 Å². The third-order valence-electron chi connectivity index (χ3n) is 7.78. The Kier molecular flexibility index (Phi) is 5.83. The molecule has 1 spiro atoms. The molecule has 0 unspecified atom stereocenters. The molecule has 7 nitrogen and oxygen atoms in total. The van der Waals surface area contributed by atoms with Crippen LogP contribution in [0, 0.1) is 5.41 Å². The summed E-state index contributed by atoms with van der Waals surface area (Å²) >= 11 is 0. The number of piperidine rings is 1. The molecule has 5 rings (SSSR count). The minimum Gasteiger partial charge on any atom is -0.393 e. The van der Waals surface area contributed by atoms with Gasteiger partial charge in [0.1, 0.15) is 5.82 Å². The highest BCUT2D eigenvalue weighted by Crippen LogP contribution is 2.43. The fourth-order valence-electron chi connectivity index (χ4n) is 5.87. The van der Waals surface area contributed by atoms with Crippen LogP contribution in [0.2, 0.25) is 0 Å². The number of hydrogen-bond acceptors (Lipinski definition) is 5. The van der Waals surface area contributed by atoms with Gasteiger partial charge in [0.2, 0.25) is 11.8 Å². The molecule has 0 radical (unpaired) electrons. The van der Waals surface area contributed by atoms with Crippen molar-refractivity contribution >= 4 is 17.6 Å². The number of hydrogen-bond donors (Lipinski definition) is 2. The van der Waals surface area contributed by atoms with Crippen molar-refractivity contribution in [1.29, 1.82) is 0 Å². The molecule has 7 heteroatoms. The summed E-state index contributed by atoms with van der Waals surface area (Å²) < 4.78 is 0. The van der Waals surface area contributed by atoms with Crippen LogP contribution in [0.5, 0.6) is 0 Å². The summed E-state index contributed by atoms with van der Waals surface area (Å²) in [5.41, 5.74) is 7.40. The molecule has 2 saturated heterocycles. The van der Waals surface area contributed by atoms with Gasteiger partial charge in [-0.2, -0.15) is 0 Å². The van der Waals surface area contributed by atoms with Gasteiger partial charge in [-0.3, -0.25) is 9.59 Å². The number of primary amides is 1. The zero-order valence-electron chi connectivity index (χ0n) is 18.9. The van der Waals surface area contributed by atoms with E-state index in [1.165, 1.54) is 0 Å². The molecule has 3 N–H and O–H groups in total. The highest BCUT2D eigenvalue weighted by atomic mass is 16.3. The summed E-state index contributed by atoms with van der Waals surface area (Å²) in [6, 6.07) is 11.6. The number of pyridine rings is 1. The lowest BCUT2D eigenvalue weighted by Crippen LogP contribution is -2.50. The Morgan fingerprint density at radius 3 is 2.61 bits per heavy atom. The molecule has 2 aliphatic heterocycles. The number of benzene rings is 1. The Bertz CT molecular complexity index is 1030. The van der Waals surface area contributed by atoms with Gasteiger partial charge in [-0.05, 0) is 74.8 Å². The van der Waals surface area contributed by atoms with E-state index in [9.17, 15) is 14.7 Å². The monoisotopic (exact) mass is 448 g/mol. The van der Waals surface area contributed by atoms with E-state index < -0.39 is 5.91 Å². The average Bonchev–Trinajstić information content (AvgIpc) is 3.15. The highest BCUT2D eigenvalue weighted by Gasteiger charge is 2.50. The van der Waals surface area contributed by atoms with Crippen LogP contribution in [-0.2, 0) is 4.79 Å². The predicted octanol–water partition coefficient (Wildman–Crippen LogP) is 2.97. The van der Waals surface area contributed by atoms with Crippen LogP contribution in [0.3, 0.4) is 0 Å². The molecule has 1 saturated carbocycles. The summed E-state index contributed by atoms with van der Waals surface area (Å²) in [5.74, 6) is 0.740. The van der Waals surface area contributed by atoms with Crippen molar-refractivity contribution in [3.05, 3.63) is 48.2 Å². The van der Waals surface area contributed by atoms with Crippen molar-refractivity contribution < 1.29 is 14.7 Å². The first-order chi connectivity index (χ1) is 15.9. The van der Waals surface area contributed by atoms with Crippen LogP contribution in [0.1, 0.15) is 55.3 Å². The number of carbonyl (C=O) groups is 2. The third kappa shape index (κ3) is 4.22. The maximum absolute atomic E-state index is 13.5. The quantitative estimate of drug-likeness (QED) is 0.749. The van der Waals surface area contributed by atoms with E-state index >= 15 is 0 Å². The van der Waals surface area contributed by atoms with Crippen LogP contribution in [0.4, 0.5) is 5.82 Å². The van der Waals surface area contributed by atoms with E-state index in [1.807, 2.05) is 30.5 Å². The molecule has 3 aliphatic rings. The number of carbonyl (C=O) groups excluding carboxylic acids is 2. The number of rotatable bonds is 4. The number of anilines is 1. The first-order valence-electron chi connectivity index (χ1n) is 12.1. The van der Waals surface area contributed by atoms with Crippen molar-refractivity contribution in [2.75, 3.05) is 24.5 Å². The SMILES string of the molecule is NC(=O)c1cccc(-c2ccc(N3CCC[C@@]4(CCN([C@H]5CC[C@H](O)CC5)C4=O)C3)nc2)c1. The lowest BCUT2D eigenvalue weighted by atomic mass is 9.78. The summed E-state index contributed by atoms with van der Waals surface area (Å²) in [6.07, 6.45) is 7.86. The second kappa shape index (κ2) is 8.78. The maximum atomic E-state index is 13.5. The molecule has 1 aliphatic carbocycles. The van der Waals surface area contributed by atoms with Gasteiger partial charge in [-0.15, -0.1) is 0 Å². The van der Waals surface area contributed by atoms with Crippen LogP contribution in [0.15, 0.2) is 42.6 Å². The zero-order chi connectivity index (χ0) is 23.0. The van der Waals surface area contributed by atoms with Gasteiger partial charge < -0.3 is 20.6 Å². The normalized spacial score (nSPS) is 27.8. The summed E-state index contributed by atoms with van der Waals surface area (Å²) in [4.78, 5) is 34.1. The number of amides is 2. The zero-order valence-corrected chi connectivity index (χ0v) is 18.9. The van der Waals surface area contributed by atoms with Crippen molar-refractivity contribution in [2.24, 2.45) is 11.1 Å². The van der Waals surface area contributed by atoms with E-state index in [0.717, 1.165) is 75.0 Å². The van der Waals surface area contributed by atoms with E-state index in [0.29, 0.717) is 18.0 Å². The number of nitrogens with zero attached hydrogens (tertiary/aromatic N) is 3. The Balaban J connectivity index is 1.30. The molecular formula is C26H32N4O3. The molecule has 174 valence electrons. The first kappa shape index (κ1) is 21.9. The van der Waals surface area contributed by atoms with Gasteiger partial charge in [0, 0.05) is 43.0 Å². The third-order valence-corrected chi connectivity index (χ3v) is 7.78. The highest BCUT2D eigenvalue weighted by molar-refractivity contribution is 5.94. The largest absolute Gasteiger partial charge is 0.393 e. The Morgan fingerprint density at radius 2 is 1.88 bits per heavy atom. The van der Waals surface area contributed by atoms with Gasteiger partial charge in [-0.25, -0.2) is 4.98 Å². The van der Waals surface area contributed by atoms with Gasteiger partial charge in [0.05, 0.1) is 11.5 Å². The molecule has 33 heavy (non-hydrogen) atoms. The molecule has 1 aromatic heterocycles. The number of aliphatic hydroxyl groups excluding tert-OH is 1. The predicted molar refractivity (Wildman–Crippen MR) is 127 cm³/mol. The summed E-state index contributed by atoms with van der Waals surface area (Å²) in [5, 5.41) is 9.83. The molecule has 2 aromatic rings. The van der Waals surface area contributed by atoms with E-state index in [4.69, 9.17) is 10.7 Å². The van der Waals surface area contributed by atoms with E-state index in [2.05, 4.69) is 9.80 Å². The molecule has 1 aromatic carbocycles. The second-order valence-corrected chi connectivity index (χ2v) is 9.87. The Morgan fingerprint density at radius 1 is 1.06 bits per heavy atom. The number of nitrogens with two attached hydrogens (primary N) is 1. The Hall–Kier alpha value is -2.93. The number of aromatic nitrogens is 1. The Labute approximate surface area is 194 Å². The van der Waals surface area contributed by atoms with Gasteiger partial charge >= 0.3 is 0 Å². The van der Waals surface area contributed by atoms with E-state index in [1.54, 1.807) is 12.1 Å². The number of aliphatic hydroxyl groups is 1. The molecular weight excluding hydrogens is 416 g/mol. The smallest absolute Gasteiger partial charge is 0.248 e.